The van der Waals surface area contributed by atoms with Gasteiger partial charge in [-0.2, -0.15) is 0 Å². The topological polar surface area (TPSA) is 100 Å². The Labute approximate surface area is 321 Å². The van der Waals surface area contributed by atoms with E-state index in [1.807, 2.05) is 0 Å². The van der Waals surface area contributed by atoms with E-state index in [1.54, 1.807) is 7.11 Å². The number of rotatable bonds is 42. The van der Waals surface area contributed by atoms with Crippen molar-refractivity contribution < 1.29 is 33.3 Å². The molecule has 0 aliphatic rings. The average molecular weight is 740 g/mol. The Kier molecular flexibility index (Phi) is 40.7. The van der Waals surface area contributed by atoms with E-state index in [4.69, 9.17) is 18.9 Å². The van der Waals surface area contributed by atoms with Crippen LogP contribution in [0.15, 0.2) is 0 Å². The predicted molar refractivity (Wildman–Crippen MR) is 216 cm³/mol. The largest absolute Gasteiger partial charge is 0.463 e. The summed E-state index contributed by atoms with van der Waals surface area (Å²) in [6, 6.07) is -0.617. The minimum atomic E-state index is -0.617. The zero-order valence-corrected chi connectivity index (χ0v) is 34.6. The summed E-state index contributed by atoms with van der Waals surface area (Å²) in [6.45, 7) is 5.02. The van der Waals surface area contributed by atoms with Crippen LogP contribution >= 0.6 is 0 Å². The van der Waals surface area contributed by atoms with Crippen LogP contribution in [-0.4, -0.2) is 64.0 Å². The van der Waals surface area contributed by atoms with Gasteiger partial charge in [-0.1, -0.05) is 194 Å². The molecule has 0 atom stereocenters. The molecule has 0 fully saturated rings. The van der Waals surface area contributed by atoms with E-state index in [9.17, 15) is 14.4 Å². The van der Waals surface area contributed by atoms with Crippen molar-refractivity contribution in [2.75, 3.05) is 40.1 Å². The number of ether oxygens (including phenoxy) is 4. The summed E-state index contributed by atoms with van der Waals surface area (Å²) in [5, 5.41) is 2.79. The maximum absolute atomic E-state index is 12.4. The second-order valence-electron chi connectivity index (χ2n) is 15.1. The molecule has 308 valence electrons. The van der Waals surface area contributed by atoms with Gasteiger partial charge in [0.15, 0.2) is 0 Å². The summed E-state index contributed by atoms with van der Waals surface area (Å²) in [4.78, 5) is 37.3. The first-order valence-electron chi connectivity index (χ1n) is 22.2. The molecule has 0 aromatic rings. The second-order valence-corrected chi connectivity index (χ2v) is 15.1. The SMILES string of the molecule is CCCCCCCCCCCCCCCCCC(=O)OCC(COC(=O)CCCCCCCCCCCCCCCCC)NC(=O)COCCOC. The highest BCUT2D eigenvalue weighted by Crippen LogP contribution is 2.15. The fourth-order valence-corrected chi connectivity index (χ4v) is 6.52. The molecule has 0 aromatic carbocycles. The number of unbranched alkanes of at least 4 members (excludes halogenated alkanes) is 28. The Morgan fingerprint density at radius 1 is 0.442 bits per heavy atom. The first-order chi connectivity index (χ1) is 25.5. The van der Waals surface area contributed by atoms with Gasteiger partial charge < -0.3 is 24.3 Å². The highest BCUT2D eigenvalue weighted by atomic mass is 16.5. The molecule has 0 saturated heterocycles. The van der Waals surface area contributed by atoms with Crippen molar-refractivity contribution in [1.82, 2.24) is 5.32 Å². The van der Waals surface area contributed by atoms with Gasteiger partial charge in [0.1, 0.15) is 19.8 Å². The lowest BCUT2D eigenvalue weighted by Crippen LogP contribution is -2.44. The Morgan fingerprint density at radius 2 is 0.750 bits per heavy atom. The molecule has 8 nitrogen and oxygen atoms in total. The fourth-order valence-electron chi connectivity index (χ4n) is 6.52. The van der Waals surface area contributed by atoms with Gasteiger partial charge in [0.05, 0.1) is 19.3 Å². The maximum atomic E-state index is 12.4. The van der Waals surface area contributed by atoms with Crippen LogP contribution in [0.1, 0.15) is 219 Å². The molecule has 0 aromatic heterocycles. The molecule has 0 unspecified atom stereocenters. The number of amides is 1. The zero-order valence-electron chi connectivity index (χ0n) is 34.6. The first kappa shape index (κ1) is 50.3. The summed E-state index contributed by atoms with van der Waals surface area (Å²) in [5.74, 6) is -0.915. The van der Waals surface area contributed by atoms with Crippen molar-refractivity contribution in [2.45, 2.75) is 225 Å². The summed E-state index contributed by atoms with van der Waals surface area (Å²) < 4.78 is 21.2. The van der Waals surface area contributed by atoms with E-state index in [2.05, 4.69) is 19.2 Å². The van der Waals surface area contributed by atoms with Crippen LogP contribution in [0.2, 0.25) is 0 Å². The molecule has 0 bridgehead atoms. The quantitative estimate of drug-likeness (QED) is 0.0491. The lowest BCUT2D eigenvalue weighted by Gasteiger charge is -2.19. The van der Waals surface area contributed by atoms with Gasteiger partial charge in [0.2, 0.25) is 5.91 Å². The van der Waals surface area contributed by atoms with Gasteiger partial charge in [-0.25, -0.2) is 0 Å². The molecule has 0 aliphatic carbocycles. The molecule has 1 amide bonds. The summed E-state index contributed by atoms with van der Waals surface area (Å²) >= 11 is 0. The van der Waals surface area contributed by atoms with E-state index in [0.717, 1.165) is 38.5 Å². The first-order valence-corrected chi connectivity index (χ1v) is 22.2. The number of hydrogen-bond acceptors (Lipinski definition) is 7. The number of carbonyl (C=O) groups excluding carboxylic acids is 3. The van der Waals surface area contributed by atoms with Crippen molar-refractivity contribution in [3.63, 3.8) is 0 Å². The zero-order chi connectivity index (χ0) is 38.0. The van der Waals surface area contributed by atoms with Crippen LogP contribution in [0.25, 0.3) is 0 Å². The average Bonchev–Trinajstić information content (AvgIpc) is 3.14. The molecule has 1 N–H and O–H groups in total. The van der Waals surface area contributed by atoms with E-state index in [0.29, 0.717) is 26.1 Å². The molecule has 0 spiro atoms. The lowest BCUT2D eigenvalue weighted by atomic mass is 10.0. The standard InChI is InChI=1S/C44H85NO7/c1-4-6-8-10-12-14-16-18-20-22-24-26-28-30-32-34-43(47)51-38-41(45-42(46)40-50-37-36-49-3)39-52-44(48)35-33-31-29-27-25-23-21-19-17-15-13-11-9-7-5-2/h41H,4-40H2,1-3H3,(H,45,46). The predicted octanol–water partition coefficient (Wildman–Crippen LogP) is 11.7. The van der Waals surface area contributed by atoms with Crippen molar-refractivity contribution in [1.29, 1.82) is 0 Å². The number of hydrogen-bond donors (Lipinski definition) is 1. The Balaban J connectivity index is 4.05. The van der Waals surface area contributed by atoms with Crippen molar-refractivity contribution in [2.24, 2.45) is 0 Å². The van der Waals surface area contributed by atoms with Crippen molar-refractivity contribution in [3.05, 3.63) is 0 Å². The second kappa shape index (κ2) is 42.1. The van der Waals surface area contributed by atoms with Crippen LogP contribution < -0.4 is 5.32 Å². The minimum Gasteiger partial charge on any atom is -0.463 e. The van der Waals surface area contributed by atoms with Gasteiger partial charge in [-0.3, -0.25) is 14.4 Å². The van der Waals surface area contributed by atoms with Crippen LogP contribution in [-0.2, 0) is 33.3 Å². The van der Waals surface area contributed by atoms with E-state index in [-0.39, 0.29) is 37.7 Å². The van der Waals surface area contributed by atoms with E-state index < -0.39 is 6.04 Å². The molecular formula is C44H85NO7. The molecule has 0 aliphatic heterocycles. The maximum Gasteiger partial charge on any atom is 0.305 e. The number of nitrogens with one attached hydrogen (secondary N) is 1. The van der Waals surface area contributed by atoms with E-state index >= 15 is 0 Å². The Morgan fingerprint density at radius 3 is 1.06 bits per heavy atom. The molecule has 0 heterocycles. The van der Waals surface area contributed by atoms with Crippen LogP contribution in [0.4, 0.5) is 0 Å². The summed E-state index contributed by atoms with van der Waals surface area (Å²) in [7, 11) is 1.57. The highest BCUT2D eigenvalue weighted by Gasteiger charge is 2.18. The van der Waals surface area contributed by atoms with Gasteiger partial charge in [0.25, 0.3) is 0 Å². The molecule has 52 heavy (non-hydrogen) atoms. The number of methoxy groups -OCH3 is 1. The molecule has 0 saturated carbocycles. The van der Waals surface area contributed by atoms with E-state index in [1.165, 1.54) is 154 Å². The van der Waals surface area contributed by atoms with Crippen LogP contribution in [0, 0.1) is 0 Å². The van der Waals surface area contributed by atoms with Gasteiger partial charge in [-0.05, 0) is 12.8 Å². The third kappa shape index (κ3) is 39.5. The molecular weight excluding hydrogens is 654 g/mol. The van der Waals surface area contributed by atoms with Crippen LogP contribution in [0.3, 0.4) is 0 Å². The van der Waals surface area contributed by atoms with Gasteiger partial charge in [0, 0.05) is 20.0 Å². The molecule has 0 rings (SSSR count). The highest BCUT2D eigenvalue weighted by molar-refractivity contribution is 5.77. The van der Waals surface area contributed by atoms with Gasteiger partial charge in [-0.15, -0.1) is 0 Å². The number of carbonyl (C=O) groups is 3. The summed E-state index contributed by atoms with van der Waals surface area (Å²) in [6.07, 6.45) is 39.0. The Bertz CT molecular complexity index is 728. The molecule has 0 radical (unpaired) electrons. The monoisotopic (exact) mass is 740 g/mol. The van der Waals surface area contributed by atoms with Crippen LogP contribution in [0.5, 0.6) is 0 Å². The smallest absolute Gasteiger partial charge is 0.305 e. The normalized spacial score (nSPS) is 11.3. The number of esters is 2. The van der Waals surface area contributed by atoms with Crippen molar-refractivity contribution >= 4 is 17.8 Å². The summed E-state index contributed by atoms with van der Waals surface area (Å²) in [5.41, 5.74) is 0. The lowest BCUT2D eigenvalue weighted by molar-refractivity contribution is -0.149. The third-order valence-electron chi connectivity index (χ3n) is 9.89. The minimum absolute atomic E-state index is 0.0341. The van der Waals surface area contributed by atoms with Gasteiger partial charge >= 0.3 is 11.9 Å². The third-order valence-corrected chi connectivity index (χ3v) is 9.89. The Hall–Kier alpha value is -1.67. The molecule has 8 heteroatoms. The fraction of sp³-hybridized carbons (Fsp3) is 0.932. The van der Waals surface area contributed by atoms with Crippen molar-refractivity contribution in [3.8, 4) is 0 Å².